The van der Waals surface area contributed by atoms with E-state index in [2.05, 4.69) is 50.4 Å². The number of hydrogen-bond donors (Lipinski definition) is 1. The smallest absolute Gasteiger partial charge is 0.261 e. The molecular formula is C22H28ClNO2. The van der Waals surface area contributed by atoms with Crippen LogP contribution in [0.15, 0.2) is 48.5 Å². The average molecular weight is 374 g/mol. The number of carbonyl (C=O) groups excluding carboxylic acids is 1. The van der Waals surface area contributed by atoms with Crippen LogP contribution in [0.3, 0.4) is 0 Å². The Kier molecular flexibility index (Phi) is 6.71. The Morgan fingerprint density at radius 1 is 1.12 bits per heavy atom. The Hall–Kier alpha value is -2.00. The van der Waals surface area contributed by atoms with Crippen molar-refractivity contribution in [1.29, 1.82) is 0 Å². The molecule has 0 heterocycles. The van der Waals surface area contributed by atoms with Gasteiger partial charge < -0.3 is 10.1 Å². The zero-order valence-electron chi connectivity index (χ0n) is 16.2. The van der Waals surface area contributed by atoms with E-state index < -0.39 is 6.10 Å². The number of nitrogens with one attached hydrogen (secondary N) is 1. The van der Waals surface area contributed by atoms with E-state index in [1.807, 2.05) is 26.0 Å². The van der Waals surface area contributed by atoms with Gasteiger partial charge in [-0.25, -0.2) is 0 Å². The number of benzene rings is 2. The van der Waals surface area contributed by atoms with Crippen molar-refractivity contribution in [3.63, 3.8) is 0 Å². The summed E-state index contributed by atoms with van der Waals surface area (Å²) < 4.78 is 5.81. The van der Waals surface area contributed by atoms with E-state index in [9.17, 15) is 4.79 Å². The number of hydrogen-bond acceptors (Lipinski definition) is 2. The molecule has 0 bridgehead atoms. The first-order valence-corrected chi connectivity index (χ1v) is 9.42. The van der Waals surface area contributed by atoms with Crippen molar-refractivity contribution in [3.8, 4) is 5.75 Å². The highest BCUT2D eigenvalue weighted by Crippen LogP contribution is 2.26. The third-order valence-corrected chi connectivity index (χ3v) is 4.72. The van der Waals surface area contributed by atoms with Gasteiger partial charge in [0.1, 0.15) is 5.75 Å². The number of para-hydroxylation sites is 1. The predicted octanol–water partition coefficient (Wildman–Crippen LogP) is 5.67. The monoisotopic (exact) mass is 373 g/mol. The SMILES string of the molecule is CC[C@H](Oc1ccccc1Cl)C(=O)N[C@H](C)c1ccc(C(C)(C)C)cc1. The Morgan fingerprint density at radius 2 is 1.73 bits per heavy atom. The molecule has 1 N–H and O–H groups in total. The predicted molar refractivity (Wildman–Crippen MR) is 108 cm³/mol. The van der Waals surface area contributed by atoms with Crippen molar-refractivity contribution in [2.75, 3.05) is 0 Å². The molecule has 1 amide bonds. The highest BCUT2D eigenvalue weighted by molar-refractivity contribution is 6.32. The van der Waals surface area contributed by atoms with E-state index in [0.29, 0.717) is 17.2 Å². The van der Waals surface area contributed by atoms with Gasteiger partial charge >= 0.3 is 0 Å². The van der Waals surface area contributed by atoms with Crippen molar-refractivity contribution in [1.82, 2.24) is 5.32 Å². The lowest BCUT2D eigenvalue weighted by Crippen LogP contribution is -2.39. The first-order valence-electron chi connectivity index (χ1n) is 9.04. The zero-order valence-corrected chi connectivity index (χ0v) is 16.9. The van der Waals surface area contributed by atoms with Gasteiger partial charge in [-0.2, -0.15) is 0 Å². The van der Waals surface area contributed by atoms with Crippen molar-refractivity contribution in [2.24, 2.45) is 0 Å². The summed E-state index contributed by atoms with van der Waals surface area (Å²) in [6, 6.07) is 15.5. The van der Waals surface area contributed by atoms with Gasteiger partial charge in [-0.1, -0.05) is 75.7 Å². The van der Waals surface area contributed by atoms with E-state index in [1.54, 1.807) is 12.1 Å². The zero-order chi connectivity index (χ0) is 19.3. The molecule has 0 aliphatic rings. The number of ether oxygens (including phenoxy) is 1. The third kappa shape index (κ3) is 5.25. The number of carbonyl (C=O) groups is 1. The van der Waals surface area contributed by atoms with Crippen molar-refractivity contribution >= 4 is 17.5 Å². The molecule has 26 heavy (non-hydrogen) atoms. The van der Waals surface area contributed by atoms with Crippen LogP contribution in [0, 0.1) is 0 Å². The molecule has 2 atom stereocenters. The van der Waals surface area contributed by atoms with Gasteiger partial charge in [-0.3, -0.25) is 4.79 Å². The Labute approximate surface area is 161 Å². The van der Waals surface area contributed by atoms with E-state index in [4.69, 9.17) is 16.3 Å². The molecule has 140 valence electrons. The van der Waals surface area contributed by atoms with Crippen molar-refractivity contribution < 1.29 is 9.53 Å². The third-order valence-electron chi connectivity index (χ3n) is 4.40. The summed E-state index contributed by atoms with van der Waals surface area (Å²) in [4.78, 5) is 12.6. The summed E-state index contributed by atoms with van der Waals surface area (Å²) in [5, 5.41) is 3.54. The molecule has 0 fully saturated rings. The minimum absolute atomic E-state index is 0.0968. The van der Waals surface area contributed by atoms with Gasteiger partial charge in [0.15, 0.2) is 6.10 Å². The lowest BCUT2D eigenvalue weighted by Gasteiger charge is -2.23. The number of halogens is 1. The van der Waals surface area contributed by atoms with Crippen molar-refractivity contribution in [3.05, 3.63) is 64.7 Å². The quantitative estimate of drug-likeness (QED) is 0.708. The number of rotatable bonds is 6. The van der Waals surface area contributed by atoms with Crippen LogP contribution in [0.1, 0.15) is 58.2 Å². The standard InChI is InChI=1S/C22H28ClNO2/c1-6-19(26-20-10-8-7-9-18(20)23)21(25)24-15(2)16-11-13-17(14-12-16)22(3,4)5/h7-15,19H,6H2,1-5H3,(H,24,25)/t15-,19+/m1/s1. The first kappa shape index (κ1) is 20.3. The summed E-state index contributed by atoms with van der Waals surface area (Å²) in [5.41, 5.74) is 2.45. The second-order valence-electron chi connectivity index (χ2n) is 7.55. The largest absolute Gasteiger partial charge is 0.479 e. The summed E-state index contributed by atoms with van der Waals surface area (Å²) in [6.45, 7) is 10.5. The van der Waals surface area contributed by atoms with E-state index in [-0.39, 0.29) is 17.4 Å². The molecule has 2 rings (SSSR count). The maximum Gasteiger partial charge on any atom is 0.261 e. The second kappa shape index (κ2) is 8.59. The number of amides is 1. The highest BCUT2D eigenvalue weighted by Gasteiger charge is 2.22. The summed E-state index contributed by atoms with van der Waals surface area (Å²) >= 11 is 6.13. The van der Waals surface area contributed by atoms with Crippen molar-refractivity contribution in [2.45, 2.75) is 58.6 Å². The van der Waals surface area contributed by atoms with Crippen LogP contribution >= 0.6 is 11.6 Å². The van der Waals surface area contributed by atoms with E-state index >= 15 is 0 Å². The average Bonchev–Trinajstić information content (AvgIpc) is 2.60. The van der Waals surface area contributed by atoms with Crippen LogP contribution in [-0.2, 0) is 10.2 Å². The summed E-state index contributed by atoms with van der Waals surface area (Å²) in [7, 11) is 0. The first-order chi connectivity index (χ1) is 12.2. The van der Waals surface area contributed by atoms with Crippen LogP contribution in [0.5, 0.6) is 5.75 Å². The molecule has 2 aromatic carbocycles. The second-order valence-corrected chi connectivity index (χ2v) is 7.95. The fourth-order valence-electron chi connectivity index (χ4n) is 2.68. The van der Waals surface area contributed by atoms with Gasteiger partial charge in [0.25, 0.3) is 5.91 Å². The molecule has 0 unspecified atom stereocenters. The van der Waals surface area contributed by atoms with Crippen LogP contribution in [0.2, 0.25) is 5.02 Å². The minimum Gasteiger partial charge on any atom is -0.479 e. The molecule has 3 nitrogen and oxygen atoms in total. The molecule has 2 aromatic rings. The maximum atomic E-state index is 12.6. The van der Waals surface area contributed by atoms with Gasteiger partial charge in [-0.15, -0.1) is 0 Å². The summed E-state index contributed by atoms with van der Waals surface area (Å²) in [5.74, 6) is 0.387. The summed E-state index contributed by atoms with van der Waals surface area (Å²) in [6.07, 6.45) is -0.0154. The molecule has 0 aliphatic heterocycles. The minimum atomic E-state index is -0.578. The fraction of sp³-hybridized carbons (Fsp3) is 0.409. The van der Waals surface area contributed by atoms with Gasteiger partial charge in [0, 0.05) is 0 Å². The molecule has 0 radical (unpaired) electrons. The van der Waals surface area contributed by atoms with Crippen LogP contribution in [0.4, 0.5) is 0 Å². The van der Waals surface area contributed by atoms with E-state index in [0.717, 1.165) is 5.56 Å². The Balaban J connectivity index is 2.03. The lowest BCUT2D eigenvalue weighted by molar-refractivity contribution is -0.128. The van der Waals surface area contributed by atoms with Gasteiger partial charge in [0.2, 0.25) is 0 Å². The molecular weight excluding hydrogens is 346 g/mol. The van der Waals surface area contributed by atoms with E-state index in [1.165, 1.54) is 5.56 Å². The van der Waals surface area contributed by atoms with Crippen LogP contribution in [-0.4, -0.2) is 12.0 Å². The molecule has 4 heteroatoms. The Bertz CT molecular complexity index is 735. The van der Waals surface area contributed by atoms with Gasteiger partial charge in [0.05, 0.1) is 11.1 Å². The Morgan fingerprint density at radius 3 is 2.27 bits per heavy atom. The molecule has 0 aliphatic carbocycles. The fourth-order valence-corrected chi connectivity index (χ4v) is 2.86. The molecule has 0 spiro atoms. The van der Waals surface area contributed by atoms with Crippen LogP contribution in [0.25, 0.3) is 0 Å². The topological polar surface area (TPSA) is 38.3 Å². The maximum absolute atomic E-state index is 12.6. The normalized spacial score (nSPS) is 13.8. The highest BCUT2D eigenvalue weighted by atomic mass is 35.5. The van der Waals surface area contributed by atoms with Gasteiger partial charge in [-0.05, 0) is 42.0 Å². The molecule has 0 saturated heterocycles. The lowest BCUT2D eigenvalue weighted by atomic mass is 9.86. The molecule has 0 aromatic heterocycles. The molecule has 0 saturated carbocycles. The van der Waals surface area contributed by atoms with Crippen LogP contribution < -0.4 is 10.1 Å².